The lowest BCUT2D eigenvalue weighted by Gasteiger charge is -2.24. The third-order valence-corrected chi connectivity index (χ3v) is 5.30. The molecule has 1 aliphatic carbocycles. The van der Waals surface area contributed by atoms with Gasteiger partial charge in [-0.15, -0.1) is 0 Å². The van der Waals surface area contributed by atoms with Crippen molar-refractivity contribution >= 4 is 11.5 Å². The van der Waals surface area contributed by atoms with Gasteiger partial charge in [-0.2, -0.15) is 5.26 Å². The molecule has 2 fully saturated rings. The van der Waals surface area contributed by atoms with Crippen LogP contribution in [0.15, 0.2) is 24.4 Å². The fourth-order valence-corrected chi connectivity index (χ4v) is 4.29. The van der Waals surface area contributed by atoms with Crippen molar-refractivity contribution in [2.24, 2.45) is 11.3 Å². The van der Waals surface area contributed by atoms with Gasteiger partial charge >= 0.3 is 0 Å². The number of hydrogen-bond donors (Lipinski definition) is 0. The molecule has 2 aromatic rings. The van der Waals surface area contributed by atoms with Gasteiger partial charge in [0.15, 0.2) is 11.5 Å². The van der Waals surface area contributed by atoms with Crippen LogP contribution in [0.1, 0.15) is 38.3 Å². The molecule has 4 rings (SSSR count). The summed E-state index contributed by atoms with van der Waals surface area (Å²) in [7, 11) is 0. The van der Waals surface area contributed by atoms with E-state index in [2.05, 4.69) is 17.9 Å². The van der Waals surface area contributed by atoms with Gasteiger partial charge in [0.2, 0.25) is 0 Å². The maximum absolute atomic E-state index is 9.53. The molecule has 1 saturated carbocycles. The normalized spacial score (nSPS) is 28.6. The summed E-state index contributed by atoms with van der Waals surface area (Å²) in [6.45, 7) is 4.46. The Hall–Kier alpha value is -2.02. The van der Waals surface area contributed by atoms with Crippen molar-refractivity contribution < 1.29 is 0 Å². The lowest BCUT2D eigenvalue weighted by atomic mass is 9.85. The van der Waals surface area contributed by atoms with Gasteiger partial charge in [0.25, 0.3) is 0 Å². The lowest BCUT2D eigenvalue weighted by Crippen LogP contribution is -2.26. The van der Waals surface area contributed by atoms with Crippen LogP contribution in [0.5, 0.6) is 0 Å². The summed E-state index contributed by atoms with van der Waals surface area (Å²) >= 11 is 0. The zero-order valence-corrected chi connectivity index (χ0v) is 12.4. The molecule has 21 heavy (non-hydrogen) atoms. The van der Waals surface area contributed by atoms with E-state index in [4.69, 9.17) is 4.98 Å². The van der Waals surface area contributed by atoms with Crippen molar-refractivity contribution in [3.63, 3.8) is 0 Å². The minimum absolute atomic E-state index is 0.474. The molecule has 0 bridgehead atoms. The second kappa shape index (κ2) is 4.49. The highest BCUT2D eigenvalue weighted by Gasteiger charge is 2.43. The van der Waals surface area contributed by atoms with Crippen molar-refractivity contribution in [1.29, 1.82) is 5.26 Å². The van der Waals surface area contributed by atoms with Gasteiger partial charge in [0.1, 0.15) is 11.7 Å². The van der Waals surface area contributed by atoms with Crippen LogP contribution < -0.4 is 4.90 Å². The number of nitriles is 1. The van der Waals surface area contributed by atoms with Crippen molar-refractivity contribution in [3.8, 4) is 6.07 Å². The van der Waals surface area contributed by atoms with Crippen LogP contribution in [-0.4, -0.2) is 22.5 Å². The Kier molecular flexibility index (Phi) is 2.72. The zero-order chi connectivity index (χ0) is 14.4. The second-order valence-electron chi connectivity index (χ2n) is 6.84. The Morgan fingerprint density at radius 1 is 1.38 bits per heavy atom. The number of nitrogens with zero attached hydrogens (tertiary/aromatic N) is 4. The third-order valence-electron chi connectivity index (χ3n) is 5.30. The molecule has 0 N–H and O–H groups in total. The molecule has 0 radical (unpaired) electrons. The fraction of sp³-hybridized carbons (Fsp3) is 0.529. The van der Waals surface area contributed by atoms with Crippen LogP contribution in [0.2, 0.25) is 0 Å². The van der Waals surface area contributed by atoms with Gasteiger partial charge in [-0.1, -0.05) is 19.4 Å². The summed E-state index contributed by atoms with van der Waals surface area (Å²) in [6, 6.07) is 8.23. The van der Waals surface area contributed by atoms with Gasteiger partial charge in [-0.25, -0.2) is 4.98 Å². The first-order chi connectivity index (χ1) is 10.2. The van der Waals surface area contributed by atoms with Gasteiger partial charge < -0.3 is 4.90 Å². The highest BCUT2D eigenvalue weighted by atomic mass is 15.3. The predicted molar refractivity (Wildman–Crippen MR) is 82.2 cm³/mol. The Bertz CT molecular complexity index is 726. The molecule has 108 valence electrons. The number of aromatic nitrogens is 2. The van der Waals surface area contributed by atoms with E-state index in [1.54, 1.807) is 0 Å². The second-order valence-corrected chi connectivity index (χ2v) is 6.84. The summed E-state index contributed by atoms with van der Waals surface area (Å²) in [4.78, 5) is 7.04. The molecule has 1 spiro atoms. The third kappa shape index (κ3) is 1.91. The highest BCUT2D eigenvalue weighted by Crippen LogP contribution is 2.48. The minimum Gasteiger partial charge on any atom is -0.354 e. The van der Waals surface area contributed by atoms with Gasteiger partial charge in [-0.3, -0.25) is 4.40 Å². The number of pyridine rings is 1. The molecule has 3 heterocycles. The van der Waals surface area contributed by atoms with E-state index in [-0.39, 0.29) is 0 Å². The van der Waals surface area contributed by atoms with Crippen molar-refractivity contribution in [2.45, 2.75) is 32.6 Å². The Balaban J connectivity index is 1.70. The smallest absolute Gasteiger partial charge is 0.169 e. The standard InChI is InChI=1S/C17H20N4/c1-13-5-6-17(10-13)7-9-20(12-17)16-14(11-18)21-8-3-2-4-15(21)19-16/h2-4,8,13H,5-7,9-10,12H2,1H3. The summed E-state index contributed by atoms with van der Waals surface area (Å²) in [5, 5.41) is 9.53. The molecule has 4 heteroatoms. The van der Waals surface area contributed by atoms with Crippen LogP contribution in [0, 0.1) is 22.7 Å². The molecule has 1 saturated heterocycles. The molecule has 2 aliphatic rings. The molecule has 1 aliphatic heterocycles. The van der Waals surface area contributed by atoms with E-state index >= 15 is 0 Å². The molecule has 2 aromatic heterocycles. The molecule has 0 aromatic carbocycles. The predicted octanol–water partition coefficient (Wildman–Crippen LogP) is 3.22. The Labute approximate surface area is 125 Å². The van der Waals surface area contributed by atoms with E-state index in [0.29, 0.717) is 11.1 Å². The lowest BCUT2D eigenvalue weighted by molar-refractivity contribution is 0.328. The topological polar surface area (TPSA) is 44.3 Å². The first-order valence-electron chi connectivity index (χ1n) is 7.83. The largest absolute Gasteiger partial charge is 0.354 e. The highest BCUT2D eigenvalue weighted by molar-refractivity contribution is 5.61. The van der Waals surface area contributed by atoms with Crippen molar-refractivity contribution in [2.75, 3.05) is 18.0 Å². The molecular weight excluding hydrogens is 260 g/mol. The average molecular weight is 280 g/mol. The summed E-state index contributed by atoms with van der Waals surface area (Å²) in [6.07, 6.45) is 7.19. The van der Waals surface area contributed by atoms with Crippen molar-refractivity contribution in [3.05, 3.63) is 30.1 Å². The monoisotopic (exact) mass is 280 g/mol. The van der Waals surface area contributed by atoms with Crippen LogP contribution in [0.25, 0.3) is 5.65 Å². The fourth-order valence-electron chi connectivity index (χ4n) is 4.29. The summed E-state index contributed by atoms with van der Waals surface area (Å²) < 4.78 is 1.90. The number of hydrogen-bond acceptors (Lipinski definition) is 3. The quantitative estimate of drug-likeness (QED) is 0.805. The van der Waals surface area contributed by atoms with Gasteiger partial charge in [0, 0.05) is 19.3 Å². The van der Waals surface area contributed by atoms with E-state index in [9.17, 15) is 5.26 Å². The minimum atomic E-state index is 0.474. The molecular formula is C17H20N4. The number of imidazole rings is 1. The van der Waals surface area contributed by atoms with Gasteiger partial charge in [-0.05, 0) is 42.7 Å². The maximum Gasteiger partial charge on any atom is 0.169 e. The molecule has 2 unspecified atom stereocenters. The van der Waals surface area contributed by atoms with E-state index in [1.165, 1.54) is 25.7 Å². The van der Waals surface area contributed by atoms with E-state index in [1.807, 2.05) is 28.8 Å². The SMILES string of the molecule is CC1CCC2(CCN(c3nc4ccccn4c3C#N)C2)C1. The van der Waals surface area contributed by atoms with E-state index in [0.717, 1.165) is 30.5 Å². The van der Waals surface area contributed by atoms with Crippen LogP contribution in [0.3, 0.4) is 0 Å². The zero-order valence-electron chi connectivity index (χ0n) is 12.4. The van der Waals surface area contributed by atoms with Crippen LogP contribution >= 0.6 is 0 Å². The maximum atomic E-state index is 9.53. The van der Waals surface area contributed by atoms with Crippen LogP contribution in [-0.2, 0) is 0 Å². The average Bonchev–Trinajstić information content (AvgIpc) is 3.16. The van der Waals surface area contributed by atoms with Crippen LogP contribution in [0.4, 0.5) is 5.82 Å². The summed E-state index contributed by atoms with van der Waals surface area (Å²) in [5.74, 6) is 1.72. The number of fused-ring (bicyclic) bond motifs is 1. The van der Waals surface area contributed by atoms with E-state index < -0.39 is 0 Å². The van der Waals surface area contributed by atoms with Crippen molar-refractivity contribution in [1.82, 2.24) is 9.38 Å². The first kappa shape index (κ1) is 12.7. The number of anilines is 1. The molecule has 0 amide bonds. The Morgan fingerprint density at radius 3 is 3.05 bits per heavy atom. The Morgan fingerprint density at radius 2 is 2.29 bits per heavy atom. The molecule has 2 atom stereocenters. The van der Waals surface area contributed by atoms with Gasteiger partial charge in [0.05, 0.1) is 0 Å². The first-order valence-corrected chi connectivity index (χ1v) is 7.83. The summed E-state index contributed by atoms with van der Waals surface area (Å²) in [5.41, 5.74) is 2.01. The molecule has 4 nitrogen and oxygen atoms in total. The number of rotatable bonds is 1.